The van der Waals surface area contributed by atoms with E-state index in [1.54, 1.807) is 6.92 Å². The maximum atomic E-state index is 12.4. The van der Waals surface area contributed by atoms with Crippen molar-refractivity contribution < 1.29 is 9.59 Å². The van der Waals surface area contributed by atoms with E-state index in [0.29, 0.717) is 17.8 Å². The number of hydrazone groups is 1. The molecule has 0 N–H and O–H groups in total. The van der Waals surface area contributed by atoms with Gasteiger partial charge < -0.3 is 0 Å². The van der Waals surface area contributed by atoms with Crippen molar-refractivity contribution >= 4 is 23.1 Å². The van der Waals surface area contributed by atoms with Crippen molar-refractivity contribution in [3.05, 3.63) is 30.3 Å². The molecule has 0 saturated heterocycles. The number of rotatable bonds is 6. The Morgan fingerprint density at radius 3 is 2.60 bits per heavy atom. The van der Waals surface area contributed by atoms with E-state index in [4.69, 9.17) is 0 Å². The van der Waals surface area contributed by atoms with Crippen LogP contribution in [0.2, 0.25) is 0 Å². The summed E-state index contributed by atoms with van der Waals surface area (Å²) in [4.78, 5) is 24.6. The van der Waals surface area contributed by atoms with Gasteiger partial charge in [-0.15, -0.1) is 0 Å². The quantitative estimate of drug-likeness (QED) is 0.590. The fraction of sp³-hybridized carbons (Fsp3) is 0.438. The molecule has 0 spiro atoms. The fourth-order valence-corrected chi connectivity index (χ4v) is 2.38. The lowest BCUT2D eigenvalue weighted by Gasteiger charge is -2.13. The molecule has 0 unspecified atom stereocenters. The average molecular weight is 272 g/mol. The van der Waals surface area contributed by atoms with Gasteiger partial charge in [0.1, 0.15) is 5.92 Å². The number of carbonyl (C=O) groups is 2. The Morgan fingerprint density at radius 2 is 1.95 bits per heavy atom. The monoisotopic (exact) mass is 272 g/mol. The normalized spacial score (nSPS) is 18.3. The zero-order chi connectivity index (χ0) is 14.5. The smallest absolute Gasteiger partial charge is 0.263 e. The second kappa shape index (κ2) is 6.46. The highest BCUT2D eigenvalue weighted by Gasteiger charge is 2.38. The van der Waals surface area contributed by atoms with Crippen molar-refractivity contribution in [1.82, 2.24) is 0 Å². The zero-order valence-corrected chi connectivity index (χ0v) is 12.0. The van der Waals surface area contributed by atoms with Crippen LogP contribution < -0.4 is 5.01 Å². The molecule has 1 aromatic rings. The van der Waals surface area contributed by atoms with E-state index in [2.05, 4.69) is 12.0 Å². The van der Waals surface area contributed by atoms with Gasteiger partial charge in [-0.3, -0.25) is 9.59 Å². The summed E-state index contributed by atoms with van der Waals surface area (Å²) in [6.45, 7) is 3.85. The standard InChI is InChI=1S/C16H20N2O2/c1-3-4-6-11-14(19)15-12(2)17-18(16(15)20)13-9-7-5-8-10-13/h5,7-10,15H,3-4,6,11H2,1-2H3/t15-/m0/s1. The van der Waals surface area contributed by atoms with Gasteiger partial charge in [0.25, 0.3) is 5.91 Å². The van der Waals surface area contributed by atoms with E-state index in [9.17, 15) is 9.59 Å². The summed E-state index contributed by atoms with van der Waals surface area (Å²) in [5.74, 6) is -0.926. The Bertz CT molecular complexity index is 523. The first-order valence-electron chi connectivity index (χ1n) is 7.12. The number of anilines is 1. The second-order valence-corrected chi connectivity index (χ2v) is 5.08. The highest BCUT2D eigenvalue weighted by atomic mass is 16.2. The topological polar surface area (TPSA) is 49.7 Å². The number of amides is 1. The van der Waals surface area contributed by atoms with Crippen LogP contribution in [-0.2, 0) is 9.59 Å². The molecule has 0 aromatic heterocycles. The predicted molar refractivity (Wildman–Crippen MR) is 79.7 cm³/mol. The van der Waals surface area contributed by atoms with Gasteiger partial charge in [-0.05, 0) is 25.5 Å². The highest BCUT2D eigenvalue weighted by molar-refractivity contribution is 6.26. The van der Waals surface area contributed by atoms with Crippen molar-refractivity contribution in [2.45, 2.75) is 39.5 Å². The molecule has 106 valence electrons. The second-order valence-electron chi connectivity index (χ2n) is 5.08. The van der Waals surface area contributed by atoms with Gasteiger partial charge in [0.15, 0.2) is 5.78 Å². The first-order valence-corrected chi connectivity index (χ1v) is 7.12. The van der Waals surface area contributed by atoms with Crippen LogP contribution in [0.4, 0.5) is 5.69 Å². The van der Waals surface area contributed by atoms with E-state index in [-0.39, 0.29) is 11.7 Å². The van der Waals surface area contributed by atoms with E-state index in [0.717, 1.165) is 19.3 Å². The molecular weight excluding hydrogens is 252 g/mol. The molecule has 1 aliphatic heterocycles. The van der Waals surface area contributed by atoms with Crippen LogP contribution in [-0.4, -0.2) is 17.4 Å². The largest absolute Gasteiger partial charge is 0.298 e. The van der Waals surface area contributed by atoms with Gasteiger partial charge in [-0.1, -0.05) is 38.0 Å². The Kier molecular flexibility index (Phi) is 4.66. The van der Waals surface area contributed by atoms with Gasteiger partial charge in [-0.2, -0.15) is 10.1 Å². The molecule has 1 atom stereocenters. The summed E-state index contributed by atoms with van der Waals surface area (Å²) < 4.78 is 0. The summed E-state index contributed by atoms with van der Waals surface area (Å²) in [6.07, 6.45) is 3.39. The van der Waals surface area contributed by atoms with E-state index in [1.165, 1.54) is 5.01 Å². The van der Waals surface area contributed by atoms with Crippen molar-refractivity contribution in [3.63, 3.8) is 0 Å². The van der Waals surface area contributed by atoms with Crippen LogP contribution in [0.5, 0.6) is 0 Å². The fourth-order valence-electron chi connectivity index (χ4n) is 2.38. The minimum atomic E-state index is -0.688. The third-order valence-corrected chi connectivity index (χ3v) is 3.48. The third kappa shape index (κ3) is 2.95. The molecule has 1 aliphatic rings. The average Bonchev–Trinajstić information content (AvgIpc) is 2.75. The van der Waals surface area contributed by atoms with Crippen LogP contribution in [0.3, 0.4) is 0 Å². The Labute approximate surface area is 119 Å². The molecule has 4 heteroatoms. The van der Waals surface area contributed by atoms with Gasteiger partial charge in [0, 0.05) is 6.42 Å². The molecule has 0 fully saturated rings. The van der Waals surface area contributed by atoms with Gasteiger partial charge >= 0.3 is 0 Å². The van der Waals surface area contributed by atoms with E-state index >= 15 is 0 Å². The highest BCUT2D eigenvalue weighted by Crippen LogP contribution is 2.25. The Hall–Kier alpha value is -1.97. The first kappa shape index (κ1) is 14.4. The third-order valence-electron chi connectivity index (χ3n) is 3.48. The minimum absolute atomic E-state index is 0.0110. The summed E-state index contributed by atoms with van der Waals surface area (Å²) >= 11 is 0. The SMILES string of the molecule is CCCCCC(=O)[C@H]1C(=O)N(c2ccccc2)N=C1C. The summed E-state index contributed by atoms with van der Waals surface area (Å²) in [6, 6.07) is 9.22. The van der Waals surface area contributed by atoms with Crippen LogP contribution in [0.1, 0.15) is 39.5 Å². The lowest BCUT2D eigenvalue weighted by Crippen LogP contribution is -2.32. The summed E-state index contributed by atoms with van der Waals surface area (Å²) in [5, 5.41) is 5.60. The molecule has 0 aliphatic carbocycles. The molecule has 1 heterocycles. The first-order chi connectivity index (χ1) is 9.65. The number of para-hydroxylation sites is 1. The number of Topliss-reactive ketones (excluding diaryl/α,β-unsaturated/α-hetero) is 1. The number of ketones is 1. The van der Waals surface area contributed by atoms with E-state index < -0.39 is 5.92 Å². The molecule has 0 radical (unpaired) electrons. The predicted octanol–water partition coefficient (Wildman–Crippen LogP) is 3.17. The maximum Gasteiger partial charge on any atom is 0.263 e. The number of hydrogen-bond donors (Lipinski definition) is 0. The maximum absolute atomic E-state index is 12.4. The Morgan fingerprint density at radius 1 is 1.25 bits per heavy atom. The molecule has 1 aromatic carbocycles. The molecule has 20 heavy (non-hydrogen) atoms. The van der Waals surface area contributed by atoms with Crippen LogP contribution in [0.15, 0.2) is 35.4 Å². The molecule has 0 bridgehead atoms. The lowest BCUT2D eigenvalue weighted by molar-refractivity contribution is -0.129. The number of hydrogen-bond acceptors (Lipinski definition) is 3. The van der Waals surface area contributed by atoms with Gasteiger partial charge in [-0.25, -0.2) is 0 Å². The van der Waals surface area contributed by atoms with Crippen molar-refractivity contribution in [3.8, 4) is 0 Å². The number of unbranched alkanes of at least 4 members (excludes halogenated alkanes) is 2. The number of nitrogens with zero attached hydrogens (tertiary/aromatic N) is 2. The van der Waals surface area contributed by atoms with Crippen LogP contribution in [0.25, 0.3) is 0 Å². The van der Waals surface area contributed by atoms with Crippen molar-refractivity contribution in [2.75, 3.05) is 5.01 Å². The molecule has 2 rings (SSSR count). The summed E-state index contributed by atoms with van der Waals surface area (Å²) in [7, 11) is 0. The van der Waals surface area contributed by atoms with Gasteiger partial charge in [0.05, 0.1) is 11.4 Å². The molecular formula is C16H20N2O2. The van der Waals surface area contributed by atoms with Crippen molar-refractivity contribution in [2.24, 2.45) is 11.0 Å². The van der Waals surface area contributed by atoms with Gasteiger partial charge in [0.2, 0.25) is 0 Å². The number of benzene rings is 1. The van der Waals surface area contributed by atoms with Crippen LogP contribution in [0, 0.1) is 5.92 Å². The zero-order valence-electron chi connectivity index (χ0n) is 12.0. The number of carbonyl (C=O) groups excluding carboxylic acids is 2. The molecule has 4 nitrogen and oxygen atoms in total. The Balaban J connectivity index is 2.09. The van der Waals surface area contributed by atoms with E-state index in [1.807, 2.05) is 30.3 Å². The van der Waals surface area contributed by atoms with Crippen LogP contribution >= 0.6 is 0 Å². The molecule has 1 amide bonds. The minimum Gasteiger partial charge on any atom is -0.298 e. The molecule has 0 saturated carbocycles. The van der Waals surface area contributed by atoms with Crippen molar-refractivity contribution in [1.29, 1.82) is 0 Å². The summed E-state index contributed by atoms with van der Waals surface area (Å²) in [5.41, 5.74) is 1.31. The lowest BCUT2D eigenvalue weighted by atomic mass is 9.95.